The molecule has 1 unspecified atom stereocenters. The lowest BCUT2D eigenvalue weighted by atomic mass is 9.98. The summed E-state index contributed by atoms with van der Waals surface area (Å²) in [6.45, 7) is 0. The molecule has 0 saturated heterocycles. The highest BCUT2D eigenvalue weighted by Gasteiger charge is 2.41. The molecule has 0 radical (unpaired) electrons. The zero-order chi connectivity index (χ0) is 22.7. The highest BCUT2D eigenvalue weighted by atomic mass is 19.4. The third kappa shape index (κ3) is 3.54. The minimum absolute atomic E-state index is 0.0197. The van der Waals surface area contributed by atoms with Crippen LogP contribution in [0.15, 0.2) is 53.4 Å². The number of hydrogen-bond donors (Lipinski definition) is 4. The van der Waals surface area contributed by atoms with Gasteiger partial charge < -0.3 is 20.8 Å². The molecule has 3 heterocycles. The number of aromatic amines is 1. The van der Waals surface area contributed by atoms with Gasteiger partial charge in [-0.2, -0.15) is 13.2 Å². The Morgan fingerprint density at radius 3 is 2.62 bits per heavy atom. The van der Waals surface area contributed by atoms with Gasteiger partial charge >= 0.3 is 6.18 Å². The summed E-state index contributed by atoms with van der Waals surface area (Å²) in [5, 5.41) is 2.71. The summed E-state index contributed by atoms with van der Waals surface area (Å²) < 4.78 is 60.2. The summed E-state index contributed by atoms with van der Waals surface area (Å²) in [6, 6.07) is 5.27. The second-order valence-corrected chi connectivity index (χ2v) is 7.80. The number of halogens is 4. The molecular weight excluding hydrogens is 428 g/mol. The fourth-order valence-electron chi connectivity index (χ4n) is 3.76. The van der Waals surface area contributed by atoms with Crippen molar-refractivity contribution >= 4 is 17.0 Å². The molecule has 2 aliphatic rings. The van der Waals surface area contributed by atoms with E-state index >= 15 is 0 Å². The number of ether oxygens (including phenoxy) is 1. The van der Waals surface area contributed by atoms with Gasteiger partial charge in [-0.15, -0.1) is 0 Å². The molecule has 0 amide bonds. The molecule has 2 aromatic heterocycles. The number of fused-ring (bicyclic) bond motifs is 1. The van der Waals surface area contributed by atoms with E-state index in [0.29, 0.717) is 23.4 Å². The normalized spacial score (nSPS) is 21.2. The fourth-order valence-corrected chi connectivity index (χ4v) is 3.76. The second-order valence-electron chi connectivity index (χ2n) is 7.80. The van der Waals surface area contributed by atoms with Crippen LogP contribution in [0.4, 0.5) is 17.6 Å². The van der Waals surface area contributed by atoms with E-state index in [4.69, 9.17) is 16.2 Å². The molecule has 1 atom stereocenters. The first-order valence-electron chi connectivity index (χ1n) is 9.79. The van der Waals surface area contributed by atoms with E-state index < -0.39 is 29.3 Å². The lowest BCUT2D eigenvalue weighted by Gasteiger charge is -2.29. The molecule has 7 nitrogen and oxygen atoms in total. The van der Waals surface area contributed by atoms with Gasteiger partial charge in [0, 0.05) is 18.0 Å². The van der Waals surface area contributed by atoms with Crippen molar-refractivity contribution in [3.63, 3.8) is 0 Å². The Kier molecular flexibility index (Phi) is 4.41. The van der Waals surface area contributed by atoms with Crippen molar-refractivity contribution in [3.8, 4) is 11.5 Å². The van der Waals surface area contributed by atoms with Crippen LogP contribution in [-0.2, 0) is 5.66 Å². The van der Waals surface area contributed by atoms with E-state index in [2.05, 4.69) is 15.0 Å². The lowest BCUT2D eigenvalue weighted by molar-refractivity contribution is -0.0959. The van der Waals surface area contributed by atoms with Crippen LogP contribution in [0.25, 0.3) is 11.0 Å². The molecule has 0 spiro atoms. The Morgan fingerprint density at radius 1 is 1.16 bits per heavy atom. The van der Waals surface area contributed by atoms with Crippen LogP contribution in [0.5, 0.6) is 11.5 Å². The topological polar surface area (TPSA) is 114 Å². The van der Waals surface area contributed by atoms with Gasteiger partial charge in [-0.25, -0.2) is 14.4 Å². The van der Waals surface area contributed by atoms with Crippen LogP contribution >= 0.6 is 0 Å². The van der Waals surface area contributed by atoms with Crippen molar-refractivity contribution in [1.82, 2.24) is 15.3 Å². The van der Waals surface area contributed by atoms with Gasteiger partial charge in [0.25, 0.3) is 0 Å². The summed E-state index contributed by atoms with van der Waals surface area (Å²) in [5.74, 6) is -0.607. The number of aromatic nitrogens is 2. The van der Waals surface area contributed by atoms with Gasteiger partial charge in [0.2, 0.25) is 0 Å². The first-order valence-corrected chi connectivity index (χ1v) is 9.79. The number of H-pyrrole nitrogens is 1. The van der Waals surface area contributed by atoms with Crippen molar-refractivity contribution in [1.29, 1.82) is 0 Å². The van der Waals surface area contributed by atoms with Crippen LogP contribution in [0.3, 0.4) is 0 Å². The molecule has 11 heteroatoms. The van der Waals surface area contributed by atoms with Crippen molar-refractivity contribution in [2.75, 3.05) is 0 Å². The Labute approximate surface area is 179 Å². The summed E-state index contributed by atoms with van der Waals surface area (Å²) in [6.07, 6.45) is 1.48. The van der Waals surface area contributed by atoms with Crippen LogP contribution in [0.1, 0.15) is 29.9 Å². The molecule has 5 rings (SSSR count). The molecule has 3 aromatic rings. The van der Waals surface area contributed by atoms with E-state index in [0.717, 1.165) is 29.9 Å². The van der Waals surface area contributed by atoms with E-state index in [1.54, 1.807) is 12.3 Å². The van der Waals surface area contributed by atoms with Crippen LogP contribution < -0.4 is 21.5 Å². The Morgan fingerprint density at radius 2 is 1.94 bits per heavy atom. The number of nitrogens with two attached hydrogens (primary N) is 2. The van der Waals surface area contributed by atoms with Crippen molar-refractivity contribution in [3.05, 3.63) is 65.4 Å². The van der Waals surface area contributed by atoms with Crippen molar-refractivity contribution in [2.45, 2.75) is 30.6 Å². The molecule has 1 aliphatic carbocycles. The summed E-state index contributed by atoms with van der Waals surface area (Å²) >= 11 is 0. The molecule has 1 aromatic carbocycles. The van der Waals surface area contributed by atoms with Crippen molar-refractivity contribution in [2.24, 2.45) is 16.5 Å². The quantitative estimate of drug-likeness (QED) is 0.455. The number of nitrogens with zero attached hydrogens (tertiary/aromatic N) is 2. The predicted octanol–water partition coefficient (Wildman–Crippen LogP) is 3.85. The summed E-state index contributed by atoms with van der Waals surface area (Å²) in [5.41, 5.74) is 10.0. The number of rotatable bonds is 4. The number of allylic oxidation sites excluding steroid dienone is 1. The smallest absolute Gasteiger partial charge is 0.431 e. The van der Waals surface area contributed by atoms with Gasteiger partial charge in [0.05, 0.1) is 5.39 Å². The number of benzene rings is 1. The Balaban J connectivity index is 1.50. The molecular formula is C21H18F4N6O. The zero-order valence-electron chi connectivity index (χ0n) is 16.5. The third-order valence-corrected chi connectivity index (χ3v) is 5.44. The number of pyridine rings is 1. The first-order chi connectivity index (χ1) is 15.1. The van der Waals surface area contributed by atoms with Gasteiger partial charge in [-0.3, -0.25) is 5.73 Å². The Bertz CT molecular complexity index is 1280. The minimum atomic E-state index is -4.73. The van der Waals surface area contributed by atoms with E-state index in [1.807, 2.05) is 11.5 Å². The second kappa shape index (κ2) is 6.95. The summed E-state index contributed by atoms with van der Waals surface area (Å²) in [7, 11) is 0. The fraction of sp³-hybridized carbons (Fsp3) is 0.238. The van der Waals surface area contributed by atoms with Crippen LogP contribution in [-0.4, -0.2) is 22.1 Å². The zero-order valence-corrected chi connectivity index (χ0v) is 16.5. The average molecular weight is 446 g/mol. The maximum atomic E-state index is 14.9. The highest BCUT2D eigenvalue weighted by Crippen LogP contribution is 2.46. The van der Waals surface area contributed by atoms with Gasteiger partial charge in [-0.1, -0.05) is 6.07 Å². The third-order valence-electron chi connectivity index (χ3n) is 5.44. The highest BCUT2D eigenvalue weighted by molar-refractivity contribution is 5.87. The monoisotopic (exact) mass is 446 g/mol. The predicted molar refractivity (Wildman–Crippen MR) is 109 cm³/mol. The van der Waals surface area contributed by atoms with Gasteiger partial charge in [-0.05, 0) is 48.6 Å². The maximum Gasteiger partial charge on any atom is 0.431 e. The standard InChI is InChI=1S/C21H18F4N6O/c22-13-7-11(20(27)8-16(21(23,24)25)30-19(26)31-20)3-4-14(13)32-15-5-6-28-18-17(15)12(9-29-18)10-1-2-10/h3-10H,1-2,27H2,(H,28,29)(H3,26,30,31). The number of aliphatic imine (C=N–C) groups is 1. The largest absolute Gasteiger partial charge is 0.453 e. The van der Waals surface area contributed by atoms with Crippen LogP contribution in [0, 0.1) is 5.82 Å². The van der Waals surface area contributed by atoms with Crippen LogP contribution in [0.2, 0.25) is 0 Å². The molecule has 1 fully saturated rings. The van der Waals surface area contributed by atoms with E-state index in [1.165, 1.54) is 12.1 Å². The molecule has 1 aliphatic heterocycles. The first kappa shape index (κ1) is 20.3. The number of alkyl halides is 3. The number of guanidine groups is 1. The maximum absolute atomic E-state index is 14.9. The van der Waals surface area contributed by atoms with E-state index in [9.17, 15) is 17.6 Å². The summed E-state index contributed by atoms with van der Waals surface area (Å²) in [4.78, 5) is 11.2. The Hall–Kier alpha value is -3.60. The van der Waals surface area contributed by atoms with Crippen molar-refractivity contribution < 1.29 is 22.3 Å². The molecule has 6 N–H and O–H groups in total. The molecule has 1 saturated carbocycles. The minimum Gasteiger partial charge on any atom is -0.453 e. The SMILES string of the molecule is NC1=NC(N)(c2ccc(Oc3ccnc4[nH]cc(C5CC5)c34)c(F)c2)C=C(C(F)(F)F)N1. The van der Waals surface area contributed by atoms with Gasteiger partial charge in [0.1, 0.15) is 17.1 Å². The molecule has 32 heavy (non-hydrogen) atoms. The van der Waals surface area contributed by atoms with Gasteiger partial charge in [0.15, 0.2) is 23.2 Å². The average Bonchev–Trinajstić information content (AvgIpc) is 3.47. The number of nitrogens with one attached hydrogen (secondary N) is 2. The molecule has 0 bridgehead atoms. The lowest BCUT2D eigenvalue weighted by Crippen LogP contribution is -2.47. The van der Waals surface area contributed by atoms with E-state index in [-0.39, 0.29) is 11.3 Å². The number of hydrogen-bond acceptors (Lipinski definition) is 6. The molecule has 166 valence electrons.